The van der Waals surface area contributed by atoms with Crippen molar-refractivity contribution in [1.82, 2.24) is 81.6 Å². The summed E-state index contributed by atoms with van der Waals surface area (Å²) in [6, 6.07) is 12.6. The van der Waals surface area contributed by atoms with Crippen molar-refractivity contribution < 1.29 is 69.6 Å². The Balaban J connectivity index is 0.736. The van der Waals surface area contributed by atoms with Gasteiger partial charge in [-0.2, -0.15) is 0 Å². The van der Waals surface area contributed by atoms with E-state index < -0.39 is 110 Å². The zero-order valence-electron chi connectivity index (χ0n) is 47.8. The van der Waals surface area contributed by atoms with Crippen LogP contribution in [0.1, 0.15) is 83.0 Å². The quantitative estimate of drug-likeness (QED) is 0.0233. The molecular formula is C56H74N18O14. The molecular weight excluding hydrogens is 1150 g/mol. The molecule has 6 aromatic rings. The standard InChI is InChI=1S/C56H74N18O14/c75-23-33(19-29-7-3-1-4-8-29)63-47-41-51(73(27-61-41)37-21-35(43(81)45(37)83)67-39(79)25-77)71-49(69-47)53(85)57-15-17-59-55(87)65-31-11-13-32(14-12-31)66-56(88)60-18-16-58-54(86)50-70-48(64-34(24-76)20-30-9-5-2-6-10-30)42-52(72-50)74(28-62-42)38-22-36(44(82)46(38)84)68-40(80)26-78/h1-10,27-28,31-38,43-46,75-78,81-84H,11-26H2,(H,57,85)(H,58,86)(H,67,79)(H,68,80)(H2,59,65,87)(H2,60,66,88)(H,63,69,71)(H,64,70,72)/t31?,32?,33-,34-,35-,36-,37+,38+,43+,44+,45-,46-/m0/s1. The number of hydrogen-bond donors (Lipinski definition) is 18. The van der Waals surface area contributed by atoms with E-state index in [1.807, 2.05) is 60.7 Å². The van der Waals surface area contributed by atoms with Crippen molar-refractivity contribution >= 4 is 69.7 Å². The summed E-state index contributed by atoms with van der Waals surface area (Å²) in [7, 11) is 0. The van der Waals surface area contributed by atoms with E-state index in [2.05, 4.69) is 83.1 Å². The molecule has 3 saturated carbocycles. The minimum Gasteiger partial charge on any atom is -0.394 e. The second-order valence-corrected chi connectivity index (χ2v) is 22.0. The molecule has 0 spiro atoms. The van der Waals surface area contributed by atoms with Crippen molar-refractivity contribution in [3.05, 3.63) is 96.1 Å². The van der Waals surface area contributed by atoms with Gasteiger partial charge >= 0.3 is 12.1 Å². The highest BCUT2D eigenvalue weighted by Crippen LogP contribution is 2.36. The maximum Gasteiger partial charge on any atom is 0.315 e. The number of aromatic nitrogens is 8. The first-order valence-corrected chi connectivity index (χ1v) is 29.0. The van der Waals surface area contributed by atoms with Gasteiger partial charge in [0.05, 0.1) is 62.1 Å². The molecule has 472 valence electrons. The number of benzene rings is 2. The second kappa shape index (κ2) is 29.8. The number of anilines is 2. The Morgan fingerprint density at radius 3 is 1.23 bits per heavy atom. The predicted molar refractivity (Wildman–Crippen MR) is 313 cm³/mol. The van der Waals surface area contributed by atoms with Gasteiger partial charge in [0, 0.05) is 38.3 Å². The van der Waals surface area contributed by atoms with Gasteiger partial charge < -0.3 is 103 Å². The van der Waals surface area contributed by atoms with Gasteiger partial charge in [-0.25, -0.2) is 39.5 Å². The van der Waals surface area contributed by atoms with Crippen LogP contribution < -0.4 is 53.2 Å². The molecule has 4 heterocycles. The molecule has 2 aromatic carbocycles. The molecule has 32 nitrogen and oxygen atoms in total. The van der Waals surface area contributed by atoms with E-state index in [-0.39, 0.29) is 110 Å². The molecule has 0 radical (unpaired) electrons. The second-order valence-electron chi connectivity index (χ2n) is 22.0. The molecule has 9 rings (SSSR count). The van der Waals surface area contributed by atoms with Gasteiger partial charge in [-0.1, -0.05) is 60.7 Å². The van der Waals surface area contributed by atoms with Crippen molar-refractivity contribution in [3.8, 4) is 0 Å². The zero-order chi connectivity index (χ0) is 62.4. The van der Waals surface area contributed by atoms with Gasteiger partial charge in [-0.05, 0) is 62.5 Å². The highest BCUT2D eigenvalue weighted by molar-refractivity contribution is 5.95. The first-order valence-electron chi connectivity index (χ1n) is 29.0. The normalized spacial score (nSPS) is 23.1. The summed E-state index contributed by atoms with van der Waals surface area (Å²) in [6.07, 6.45) is 0.123. The Morgan fingerprint density at radius 1 is 0.489 bits per heavy atom. The number of nitrogens with one attached hydrogen (secondary N) is 10. The Kier molecular flexibility index (Phi) is 21.6. The number of hydrogen-bond acceptors (Lipinski definition) is 22. The number of rotatable bonds is 26. The molecule has 0 unspecified atom stereocenters. The number of aliphatic hydroxyl groups is 8. The number of amides is 8. The molecule has 0 bridgehead atoms. The number of aliphatic hydroxyl groups excluding tert-OH is 8. The van der Waals surface area contributed by atoms with Crippen LogP contribution in [-0.2, 0) is 22.4 Å². The number of carbonyl (C=O) groups is 6. The maximum atomic E-state index is 13.7. The Hall–Kier alpha value is -8.76. The topological polar surface area (TPSA) is 472 Å². The SMILES string of the molecule is O=C(CO)N[C@H]1C[C@@H](n2cnc3c(N[C@H](CO)Cc4ccccc4)nc(C(=O)NCCNC(=O)NC4CCC(NC(=O)NCCNC(=O)c5nc(N[C@H](CO)Cc6ccccc6)c6ncn([C@@H]7C[C@H](NC(=O)CO)[C@@H](O)[C@H]7O)c6n5)CC4)nc32)[C@H](O)[C@@H]1O. The van der Waals surface area contributed by atoms with E-state index in [0.717, 1.165) is 11.1 Å². The van der Waals surface area contributed by atoms with E-state index in [1.54, 1.807) is 0 Å². The summed E-state index contributed by atoms with van der Waals surface area (Å²) in [5.41, 5.74) is 2.44. The fourth-order valence-corrected chi connectivity index (χ4v) is 11.3. The van der Waals surface area contributed by atoms with Crippen molar-refractivity contribution in [1.29, 1.82) is 0 Å². The third-order valence-electron chi connectivity index (χ3n) is 15.8. The van der Waals surface area contributed by atoms with Gasteiger partial charge in [0.25, 0.3) is 11.8 Å². The molecule has 8 amide bonds. The molecule has 4 aromatic heterocycles. The number of urea groups is 2. The summed E-state index contributed by atoms with van der Waals surface area (Å²) in [4.78, 5) is 104. The third kappa shape index (κ3) is 15.7. The maximum absolute atomic E-state index is 13.7. The fourth-order valence-electron chi connectivity index (χ4n) is 11.3. The number of nitrogens with zero attached hydrogens (tertiary/aromatic N) is 8. The van der Waals surface area contributed by atoms with Crippen molar-refractivity contribution in [2.75, 3.05) is 63.2 Å². The Labute approximate surface area is 502 Å². The lowest BCUT2D eigenvalue weighted by molar-refractivity contribution is -0.126. The van der Waals surface area contributed by atoms with Gasteiger partial charge in [0.15, 0.2) is 22.9 Å². The van der Waals surface area contributed by atoms with Crippen LogP contribution in [0.2, 0.25) is 0 Å². The van der Waals surface area contributed by atoms with E-state index in [0.29, 0.717) is 38.5 Å². The van der Waals surface area contributed by atoms with Crippen LogP contribution in [0.3, 0.4) is 0 Å². The lowest BCUT2D eigenvalue weighted by Gasteiger charge is -2.29. The molecule has 3 aliphatic carbocycles. The van der Waals surface area contributed by atoms with Crippen molar-refractivity contribution in [2.45, 2.75) is 124 Å². The van der Waals surface area contributed by atoms with Crippen LogP contribution in [0.4, 0.5) is 21.2 Å². The van der Waals surface area contributed by atoms with Crippen LogP contribution in [-0.4, -0.2) is 229 Å². The molecule has 18 N–H and O–H groups in total. The van der Waals surface area contributed by atoms with Gasteiger partial charge in [0.1, 0.15) is 48.7 Å². The average Bonchev–Trinajstić information content (AvgIpc) is 1.92. The fraction of sp³-hybridized carbons (Fsp3) is 0.500. The van der Waals surface area contributed by atoms with E-state index in [9.17, 15) is 69.6 Å². The highest BCUT2D eigenvalue weighted by atomic mass is 16.3. The average molecular weight is 1220 g/mol. The van der Waals surface area contributed by atoms with Crippen LogP contribution in [0.25, 0.3) is 22.3 Å². The molecule has 88 heavy (non-hydrogen) atoms. The van der Waals surface area contributed by atoms with Crippen LogP contribution in [0.15, 0.2) is 73.3 Å². The number of fused-ring (bicyclic) bond motifs is 2. The molecule has 0 saturated heterocycles. The molecule has 32 heteroatoms. The summed E-state index contributed by atoms with van der Waals surface area (Å²) in [5.74, 6) is -3.32. The first-order chi connectivity index (χ1) is 42.5. The summed E-state index contributed by atoms with van der Waals surface area (Å²) in [5, 5.41) is 111. The van der Waals surface area contributed by atoms with E-state index in [1.165, 1.54) is 21.8 Å². The molecule has 3 aliphatic rings. The zero-order valence-corrected chi connectivity index (χ0v) is 47.8. The van der Waals surface area contributed by atoms with E-state index in [4.69, 9.17) is 0 Å². The minimum absolute atomic E-state index is 0.0112. The smallest absolute Gasteiger partial charge is 0.315 e. The lowest BCUT2D eigenvalue weighted by atomic mass is 9.91. The molecule has 10 atom stereocenters. The summed E-state index contributed by atoms with van der Waals surface area (Å²) < 4.78 is 2.94. The van der Waals surface area contributed by atoms with Crippen LogP contribution in [0.5, 0.6) is 0 Å². The summed E-state index contributed by atoms with van der Waals surface area (Å²) >= 11 is 0. The largest absolute Gasteiger partial charge is 0.394 e. The monoisotopic (exact) mass is 1220 g/mol. The Bertz CT molecular complexity index is 3150. The minimum atomic E-state index is -1.40. The van der Waals surface area contributed by atoms with Gasteiger partial charge in [-0.15, -0.1) is 0 Å². The number of carbonyl (C=O) groups excluding carboxylic acids is 6. The number of imidazole rings is 2. The summed E-state index contributed by atoms with van der Waals surface area (Å²) in [6.45, 7) is -2.32. The van der Waals surface area contributed by atoms with Gasteiger partial charge in [-0.3, -0.25) is 19.2 Å². The Morgan fingerprint density at radius 2 is 0.864 bits per heavy atom. The molecule has 0 aliphatic heterocycles. The van der Waals surface area contributed by atoms with Crippen molar-refractivity contribution in [2.24, 2.45) is 0 Å². The lowest BCUT2D eigenvalue weighted by Crippen LogP contribution is -2.49. The third-order valence-corrected chi connectivity index (χ3v) is 15.8. The predicted octanol–water partition coefficient (Wildman–Crippen LogP) is -3.65. The van der Waals surface area contributed by atoms with Crippen molar-refractivity contribution in [3.63, 3.8) is 0 Å². The van der Waals surface area contributed by atoms with E-state index >= 15 is 0 Å². The van der Waals surface area contributed by atoms with Crippen LogP contribution in [0, 0.1) is 0 Å². The molecule has 3 fully saturated rings. The van der Waals surface area contributed by atoms with Crippen LogP contribution >= 0.6 is 0 Å². The first kappa shape index (κ1) is 63.7. The highest BCUT2D eigenvalue weighted by Gasteiger charge is 2.45. The van der Waals surface area contributed by atoms with Gasteiger partial charge in [0.2, 0.25) is 23.5 Å².